The van der Waals surface area contributed by atoms with Crippen molar-refractivity contribution in [1.29, 1.82) is 0 Å². The van der Waals surface area contributed by atoms with E-state index in [-0.39, 0.29) is 0 Å². The normalized spacial score (nSPS) is 22.6. The van der Waals surface area contributed by atoms with Gasteiger partial charge in [0.25, 0.3) is 0 Å². The second-order valence-electron chi connectivity index (χ2n) is 5.30. The van der Waals surface area contributed by atoms with Crippen molar-refractivity contribution in [1.82, 2.24) is 9.88 Å². The van der Waals surface area contributed by atoms with Gasteiger partial charge in [-0.3, -0.25) is 0 Å². The molecule has 2 aliphatic heterocycles. The van der Waals surface area contributed by atoms with E-state index in [2.05, 4.69) is 42.8 Å². The lowest BCUT2D eigenvalue weighted by Crippen LogP contribution is -2.44. The number of pyridine rings is 1. The van der Waals surface area contributed by atoms with Gasteiger partial charge in [0.15, 0.2) is 0 Å². The number of hydrogen-bond acceptors (Lipinski definition) is 3. The fraction of sp³-hybridized carbons (Fsp3) is 0.643. The Labute approximate surface area is 117 Å². The molecule has 98 valence electrons. The first kappa shape index (κ1) is 12.4. The zero-order valence-electron chi connectivity index (χ0n) is 10.7. The van der Waals surface area contributed by atoms with Gasteiger partial charge >= 0.3 is 0 Å². The van der Waals surface area contributed by atoms with Gasteiger partial charge in [0.05, 0.1) is 0 Å². The highest BCUT2D eigenvalue weighted by Gasteiger charge is 2.26. The van der Waals surface area contributed by atoms with Crippen molar-refractivity contribution in [3.63, 3.8) is 0 Å². The van der Waals surface area contributed by atoms with E-state index < -0.39 is 0 Å². The first-order valence-corrected chi connectivity index (χ1v) is 7.73. The number of hydrogen-bond donors (Lipinski definition) is 0. The third kappa shape index (κ3) is 2.69. The third-order valence-corrected chi connectivity index (χ3v) is 4.63. The predicted octanol–water partition coefficient (Wildman–Crippen LogP) is 2.91. The fourth-order valence-corrected chi connectivity index (χ4v) is 3.36. The molecule has 0 atom stereocenters. The van der Waals surface area contributed by atoms with E-state index in [0.29, 0.717) is 0 Å². The Hall–Kier alpha value is -0.610. The summed E-state index contributed by atoms with van der Waals surface area (Å²) in [5, 5.41) is 0. The number of likely N-dealkylation sites (tertiary alicyclic amines) is 1. The van der Waals surface area contributed by atoms with Gasteiger partial charge in [0.1, 0.15) is 5.82 Å². The summed E-state index contributed by atoms with van der Waals surface area (Å²) in [6, 6.07) is 5.01. The van der Waals surface area contributed by atoms with Crippen LogP contribution in [-0.4, -0.2) is 42.1 Å². The van der Waals surface area contributed by atoms with Gasteiger partial charge < -0.3 is 9.80 Å². The monoisotopic (exact) mass is 309 g/mol. The summed E-state index contributed by atoms with van der Waals surface area (Å²) in [6.45, 7) is 4.94. The molecule has 3 rings (SSSR count). The molecule has 4 heteroatoms. The summed E-state index contributed by atoms with van der Waals surface area (Å²) in [5.41, 5.74) is 0. The van der Waals surface area contributed by atoms with Crippen LogP contribution in [-0.2, 0) is 0 Å². The van der Waals surface area contributed by atoms with Crippen LogP contribution in [0, 0.1) is 0 Å². The minimum absolute atomic E-state index is 0.819. The number of nitrogens with zero attached hydrogens (tertiary/aromatic N) is 3. The first-order chi connectivity index (χ1) is 8.83. The van der Waals surface area contributed by atoms with Crippen LogP contribution in [0.25, 0.3) is 0 Å². The second kappa shape index (κ2) is 5.57. The number of anilines is 1. The maximum Gasteiger partial charge on any atom is 0.128 e. The minimum atomic E-state index is 0.819. The molecule has 0 spiro atoms. The molecule has 0 amide bonds. The third-order valence-electron chi connectivity index (χ3n) is 4.16. The average Bonchev–Trinajstić information content (AvgIpc) is 2.94. The van der Waals surface area contributed by atoms with Crippen LogP contribution in [0.1, 0.15) is 25.7 Å². The summed E-state index contributed by atoms with van der Waals surface area (Å²) in [4.78, 5) is 9.59. The Morgan fingerprint density at radius 2 is 1.78 bits per heavy atom. The van der Waals surface area contributed by atoms with E-state index in [1.54, 1.807) is 0 Å². The largest absolute Gasteiger partial charge is 0.357 e. The van der Waals surface area contributed by atoms with Crippen molar-refractivity contribution < 1.29 is 0 Å². The van der Waals surface area contributed by atoms with Crippen molar-refractivity contribution in [3.05, 3.63) is 22.8 Å². The molecule has 0 saturated carbocycles. The molecule has 3 heterocycles. The van der Waals surface area contributed by atoms with Crippen LogP contribution in [0.4, 0.5) is 5.82 Å². The summed E-state index contributed by atoms with van der Waals surface area (Å²) < 4.78 is 1.05. The maximum absolute atomic E-state index is 4.49. The fourth-order valence-electron chi connectivity index (χ4n) is 3.12. The molecule has 2 aliphatic rings. The molecule has 0 unspecified atom stereocenters. The van der Waals surface area contributed by atoms with Gasteiger partial charge in [-0.05, 0) is 66.8 Å². The van der Waals surface area contributed by atoms with Crippen molar-refractivity contribution in [2.45, 2.75) is 31.7 Å². The Morgan fingerprint density at radius 3 is 2.39 bits per heavy atom. The first-order valence-electron chi connectivity index (χ1n) is 6.93. The lowest BCUT2D eigenvalue weighted by molar-refractivity contribution is 0.207. The van der Waals surface area contributed by atoms with Crippen molar-refractivity contribution in [3.8, 4) is 0 Å². The van der Waals surface area contributed by atoms with Gasteiger partial charge in [-0.15, -0.1) is 0 Å². The highest BCUT2D eigenvalue weighted by atomic mass is 79.9. The van der Waals surface area contributed by atoms with E-state index in [1.807, 2.05) is 6.20 Å². The van der Waals surface area contributed by atoms with Crippen LogP contribution in [0.15, 0.2) is 22.8 Å². The molecule has 2 saturated heterocycles. The molecular formula is C14H20BrN3. The molecule has 0 N–H and O–H groups in total. The van der Waals surface area contributed by atoms with E-state index in [9.17, 15) is 0 Å². The Bertz CT molecular complexity index is 379. The van der Waals surface area contributed by atoms with Gasteiger partial charge in [0.2, 0.25) is 0 Å². The predicted molar refractivity (Wildman–Crippen MR) is 78.0 cm³/mol. The number of aromatic nitrogens is 1. The molecule has 0 aromatic carbocycles. The molecule has 1 aromatic rings. The van der Waals surface area contributed by atoms with Crippen LogP contribution >= 0.6 is 15.9 Å². The highest BCUT2D eigenvalue weighted by molar-refractivity contribution is 9.10. The van der Waals surface area contributed by atoms with Crippen LogP contribution in [0.3, 0.4) is 0 Å². The molecule has 0 aliphatic carbocycles. The molecule has 0 radical (unpaired) electrons. The summed E-state index contributed by atoms with van der Waals surface area (Å²) >= 11 is 3.44. The Kier molecular flexibility index (Phi) is 3.85. The van der Waals surface area contributed by atoms with Gasteiger partial charge in [-0.25, -0.2) is 4.98 Å². The second-order valence-corrected chi connectivity index (χ2v) is 6.21. The topological polar surface area (TPSA) is 19.4 Å². The standard InChI is InChI=1S/C14H20BrN3/c15-12-3-4-14(16-11-12)18-9-5-13(6-10-18)17-7-1-2-8-17/h3-4,11,13H,1-2,5-10H2. The number of rotatable bonds is 2. The Morgan fingerprint density at radius 1 is 1.06 bits per heavy atom. The van der Waals surface area contributed by atoms with E-state index in [1.165, 1.54) is 38.8 Å². The lowest BCUT2D eigenvalue weighted by Gasteiger charge is -2.37. The van der Waals surface area contributed by atoms with E-state index in [4.69, 9.17) is 0 Å². The molecular weight excluding hydrogens is 290 g/mol. The van der Waals surface area contributed by atoms with Crippen molar-refractivity contribution in [2.75, 3.05) is 31.1 Å². The zero-order chi connectivity index (χ0) is 12.4. The SMILES string of the molecule is Brc1ccc(N2CCC(N3CCCC3)CC2)nc1. The minimum Gasteiger partial charge on any atom is -0.357 e. The molecule has 18 heavy (non-hydrogen) atoms. The quantitative estimate of drug-likeness (QED) is 0.837. The molecule has 0 bridgehead atoms. The van der Waals surface area contributed by atoms with Crippen LogP contribution in [0.5, 0.6) is 0 Å². The summed E-state index contributed by atoms with van der Waals surface area (Å²) in [6.07, 6.45) is 7.26. The molecule has 1 aromatic heterocycles. The number of halogens is 1. The van der Waals surface area contributed by atoms with E-state index >= 15 is 0 Å². The smallest absolute Gasteiger partial charge is 0.128 e. The van der Waals surface area contributed by atoms with Gasteiger partial charge in [-0.1, -0.05) is 0 Å². The zero-order valence-corrected chi connectivity index (χ0v) is 12.3. The maximum atomic E-state index is 4.49. The Balaban J connectivity index is 1.57. The van der Waals surface area contributed by atoms with Gasteiger partial charge in [0, 0.05) is 29.8 Å². The van der Waals surface area contributed by atoms with Gasteiger partial charge in [-0.2, -0.15) is 0 Å². The molecule has 2 fully saturated rings. The van der Waals surface area contributed by atoms with Crippen LogP contribution in [0.2, 0.25) is 0 Å². The average molecular weight is 310 g/mol. The summed E-state index contributed by atoms with van der Waals surface area (Å²) in [7, 11) is 0. The van der Waals surface area contributed by atoms with Crippen molar-refractivity contribution in [2.24, 2.45) is 0 Å². The highest BCUT2D eigenvalue weighted by Crippen LogP contribution is 2.24. The van der Waals surface area contributed by atoms with Crippen molar-refractivity contribution >= 4 is 21.7 Å². The van der Waals surface area contributed by atoms with E-state index in [0.717, 1.165) is 29.4 Å². The number of piperidine rings is 1. The summed E-state index contributed by atoms with van der Waals surface area (Å²) in [5.74, 6) is 1.12. The molecule has 3 nitrogen and oxygen atoms in total. The lowest BCUT2D eigenvalue weighted by atomic mass is 10.0. The van der Waals surface area contributed by atoms with Crippen LogP contribution < -0.4 is 4.90 Å².